The Morgan fingerprint density at radius 1 is 0.975 bits per heavy atom. The minimum Gasteiger partial charge on any atom is -0.497 e. The summed E-state index contributed by atoms with van der Waals surface area (Å²) >= 11 is 0. The van der Waals surface area contributed by atoms with Gasteiger partial charge in [-0.1, -0.05) is 36.4 Å². The van der Waals surface area contributed by atoms with Crippen molar-refractivity contribution in [2.45, 2.75) is 45.8 Å². The smallest absolute Gasteiger partial charge is 0.410 e. The molecule has 1 saturated heterocycles. The van der Waals surface area contributed by atoms with Gasteiger partial charge in [0.2, 0.25) is 5.91 Å². The number of amides is 4. The Morgan fingerprint density at radius 3 is 2.42 bits per heavy atom. The second-order valence-corrected chi connectivity index (χ2v) is 11.0. The molecule has 2 aromatic carbocycles. The second-order valence-electron chi connectivity index (χ2n) is 11.0. The van der Waals surface area contributed by atoms with Gasteiger partial charge in [-0.25, -0.2) is 9.59 Å². The Morgan fingerprint density at radius 2 is 1.75 bits per heavy atom. The van der Waals surface area contributed by atoms with E-state index >= 15 is 0 Å². The number of fused-ring (bicyclic) bond motifs is 1. The van der Waals surface area contributed by atoms with E-state index in [1.54, 1.807) is 23.1 Å². The van der Waals surface area contributed by atoms with E-state index in [1.165, 1.54) is 4.90 Å². The molecule has 0 radical (unpaired) electrons. The molecule has 0 N–H and O–H groups in total. The molecule has 3 aromatic rings. The highest BCUT2D eigenvalue weighted by molar-refractivity contribution is 6.10. The van der Waals surface area contributed by atoms with Gasteiger partial charge in [-0.3, -0.25) is 19.6 Å². The lowest BCUT2D eigenvalue weighted by Crippen LogP contribution is -2.52. The van der Waals surface area contributed by atoms with Crippen LogP contribution in [-0.2, 0) is 16.1 Å². The molecule has 3 heterocycles. The molecule has 2 aliphatic heterocycles. The number of anilines is 1. The lowest BCUT2D eigenvalue weighted by Gasteiger charge is -2.34. The topological polar surface area (TPSA) is 92.3 Å². The van der Waals surface area contributed by atoms with Crippen LogP contribution in [0.5, 0.6) is 5.75 Å². The number of hydrogen-bond acceptors (Lipinski definition) is 6. The maximum Gasteiger partial charge on any atom is 0.410 e. The van der Waals surface area contributed by atoms with Gasteiger partial charge in [-0.2, -0.15) is 0 Å². The number of methoxy groups -OCH3 is 1. The molecule has 2 aliphatic rings. The van der Waals surface area contributed by atoms with Crippen LogP contribution in [0, 0.1) is 0 Å². The third-order valence-electron chi connectivity index (χ3n) is 7.09. The molecule has 9 nitrogen and oxygen atoms in total. The zero-order valence-electron chi connectivity index (χ0n) is 23.3. The van der Waals surface area contributed by atoms with Crippen molar-refractivity contribution >= 4 is 40.1 Å². The zero-order chi connectivity index (χ0) is 28.4. The molecule has 0 aliphatic carbocycles. The molecule has 1 aromatic heterocycles. The van der Waals surface area contributed by atoms with Crippen molar-refractivity contribution < 1.29 is 23.9 Å². The first-order valence-electron chi connectivity index (χ1n) is 13.4. The SMILES string of the molecule is COc1ccc(CN2C(=O)CCN(c3cncc4c(C5=CCN(C(=O)OC(C)(C)C)CC5)cccc34)C2=O)cc1. The largest absolute Gasteiger partial charge is 0.497 e. The third kappa shape index (κ3) is 5.64. The van der Waals surface area contributed by atoms with Gasteiger partial charge >= 0.3 is 12.1 Å². The Labute approximate surface area is 234 Å². The second kappa shape index (κ2) is 11.0. The van der Waals surface area contributed by atoms with Gasteiger partial charge in [0.25, 0.3) is 0 Å². The summed E-state index contributed by atoms with van der Waals surface area (Å²) in [7, 11) is 1.59. The quantitative estimate of drug-likeness (QED) is 0.415. The summed E-state index contributed by atoms with van der Waals surface area (Å²) < 4.78 is 10.7. The fraction of sp³-hybridized carbons (Fsp3) is 0.355. The molecular weight excluding hydrogens is 508 g/mol. The van der Waals surface area contributed by atoms with Crippen molar-refractivity contribution in [1.82, 2.24) is 14.8 Å². The van der Waals surface area contributed by atoms with E-state index in [0.29, 0.717) is 30.9 Å². The summed E-state index contributed by atoms with van der Waals surface area (Å²) in [6.45, 7) is 7.06. The highest BCUT2D eigenvalue weighted by Crippen LogP contribution is 2.35. The molecule has 0 atom stereocenters. The molecular formula is C31H34N4O5. The number of hydrogen-bond donors (Lipinski definition) is 0. The van der Waals surface area contributed by atoms with E-state index in [1.807, 2.05) is 69.4 Å². The number of carbonyl (C=O) groups is 3. The van der Waals surface area contributed by atoms with Crippen molar-refractivity contribution in [2.75, 3.05) is 31.6 Å². The number of ether oxygens (including phenoxy) is 2. The summed E-state index contributed by atoms with van der Waals surface area (Å²) in [6.07, 6.45) is 6.13. The average molecular weight is 543 g/mol. The van der Waals surface area contributed by atoms with Gasteiger partial charge in [0, 0.05) is 43.0 Å². The Bertz CT molecular complexity index is 1480. The van der Waals surface area contributed by atoms with Crippen molar-refractivity contribution in [3.8, 4) is 5.75 Å². The summed E-state index contributed by atoms with van der Waals surface area (Å²) in [5.74, 6) is 0.512. The molecule has 0 spiro atoms. The van der Waals surface area contributed by atoms with Crippen molar-refractivity contribution in [2.24, 2.45) is 0 Å². The fourth-order valence-electron chi connectivity index (χ4n) is 5.06. The number of nitrogens with zero attached hydrogens (tertiary/aromatic N) is 4. The van der Waals surface area contributed by atoms with Gasteiger partial charge < -0.3 is 14.4 Å². The number of benzene rings is 2. The Kier molecular flexibility index (Phi) is 7.47. The first kappa shape index (κ1) is 27.2. The van der Waals surface area contributed by atoms with Crippen LogP contribution in [0.4, 0.5) is 15.3 Å². The monoisotopic (exact) mass is 542 g/mol. The lowest BCUT2D eigenvalue weighted by molar-refractivity contribution is -0.129. The van der Waals surface area contributed by atoms with Gasteiger partial charge in [0.1, 0.15) is 11.4 Å². The molecule has 9 heteroatoms. The minimum atomic E-state index is -0.542. The van der Waals surface area contributed by atoms with E-state index in [4.69, 9.17) is 9.47 Å². The van der Waals surface area contributed by atoms with Crippen molar-refractivity contribution in [3.63, 3.8) is 0 Å². The molecule has 0 unspecified atom stereocenters. The van der Waals surface area contributed by atoms with Crippen molar-refractivity contribution in [3.05, 3.63) is 72.1 Å². The standard InChI is InChI=1S/C31H34N4O5/c1-31(2,3)40-30(38)33-15-12-22(13-16-33)24-6-5-7-25-26(24)18-32-19-27(25)34-17-14-28(36)35(29(34)37)20-21-8-10-23(39-4)11-9-21/h5-12,18-19H,13-17,20H2,1-4H3. The first-order valence-corrected chi connectivity index (χ1v) is 13.4. The maximum atomic E-state index is 13.6. The average Bonchev–Trinajstić information content (AvgIpc) is 2.94. The van der Waals surface area contributed by atoms with E-state index in [9.17, 15) is 14.4 Å². The Balaban J connectivity index is 1.40. The summed E-state index contributed by atoms with van der Waals surface area (Å²) in [6, 6.07) is 13.0. The molecule has 0 bridgehead atoms. The molecule has 0 saturated carbocycles. The van der Waals surface area contributed by atoms with E-state index in [0.717, 1.165) is 27.5 Å². The molecule has 40 heavy (non-hydrogen) atoms. The van der Waals surface area contributed by atoms with Crippen molar-refractivity contribution in [1.29, 1.82) is 0 Å². The van der Waals surface area contributed by atoms with Gasteiger partial charge in [-0.05, 0) is 56.0 Å². The van der Waals surface area contributed by atoms with E-state index < -0.39 is 5.60 Å². The van der Waals surface area contributed by atoms with E-state index in [-0.39, 0.29) is 37.5 Å². The fourth-order valence-corrected chi connectivity index (χ4v) is 5.06. The minimum absolute atomic E-state index is 0.183. The third-order valence-corrected chi connectivity index (χ3v) is 7.09. The number of imide groups is 1. The van der Waals surface area contributed by atoms with Crippen LogP contribution in [0.25, 0.3) is 16.3 Å². The lowest BCUT2D eigenvalue weighted by atomic mass is 9.94. The van der Waals surface area contributed by atoms with Gasteiger partial charge in [0.15, 0.2) is 0 Å². The summed E-state index contributed by atoms with van der Waals surface area (Å²) in [4.78, 5) is 48.0. The summed E-state index contributed by atoms with van der Waals surface area (Å²) in [5.41, 5.74) is 3.10. The van der Waals surface area contributed by atoms with Crippen LogP contribution < -0.4 is 9.64 Å². The predicted octanol–water partition coefficient (Wildman–Crippen LogP) is 5.63. The number of pyridine rings is 1. The Hall–Kier alpha value is -4.40. The zero-order valence-corrected chi connectivity index (χ0v) is 23.3. The molecule has 208 valence electrons. The van der Waals surface area contributed by atoms with Crippen LogP contribution in [0.3, 0.4) is 0 Å². The van der Waals surface area contributed by atoms with Crippen LogP contribution in [-0.4, -0.2) is 65.2 Å². The van der Waals surface area contributed by atoms with E-state index in [2.05, 4.69) is 11.1 Å². The highest BCUT2D eigenvalue weighted by Gasteiger charge is 2.34. The maximum absolute atomic E-state index is 13.6. The normalized spacial score (nSPS) is 16.3. The van der Waals surface area contributed by atoms with Gasteiger partial charge in [-0.15, -0.1) is 0 Å². The molecule has 5 rings (SSSR count). The first-order chi connectivity index (χ1) is 19.1. The summed E-state index contributed by atoms with van der Waals surface area (Å²) in [5, 5.41) is 1.80. The number of rotatable bonds is 5. The van der Waals surface area contributed by atoms with Crippen LogP contribution in [0.1, 0.15) is 44.7 Å². The van der Waals surface area contributed by atoms with Crippen LogP contribution in [0.15, 0.2) is 60.9 Å². The molecule has 1 fully saturated rings. The van der Waals surface area contributed by atoms with Crippen LogP contribution in [0.2, 0.25) is 0 Å². The predicted molar refractivity (Wildman–Crippen MR) is 153 cm³/mol. The number of urea groups is 1. The van der Waals surface area contributed by atoms with Crippen LogP contribution >= 0.6 is 0 Å². The number of aromatic nitrogens is 1. The number of carbonyl (C=O) groups excluding carboxylic acids is 3. The highest BCUT2D eigenvalue weighted by atomic mass is 16.6. The van der Waals surface area contributed by atoms with Gasteiger partial charge in [0.05, 0.1) is 25.5 Å². The molecule has 4 amide bonds.